The van der Waals surface area contributed by atoms with E-state index in [0.29, 0.717) is 18.5 Å². The fourth-order valence-electron chi connectivity index (χ4n) is 2.22. The van der Waals surface area contributed by atoms with Crippen molar-refractivity contribution in [3.63, 3.8) is 0 Å². The fraction of sp³-hybridized carbons (Fsp3) is 0.222. The molecule has 0 aliphatic heterocycles. The SMILES string of the molecule is CNC(=S)[N-]S(=O)(=O)c1cc(CCNC(=O)/C=C/c2cccs2)ccc1OC.[Na+]. The number of methoxy groups -OCH3 is 1. The maximum absolute atomic E-state index is 12.5. The molecule has 1 heterocycles. The van der Waals surface area contributed by atoms with Crippen molar-refractivity contribution in [1.29, 1.82) is 0 Å². The minimum absolute atomic E-state index is 0. The summed E-state index contributed by atoms with van der Waals surface area (Å²) in [6.45, 7) is 0.353. The molecule has 29 heavy (non-hydrogen) atoms. The topological polar surface area (TPSA) is 98.6 Å². The number of nitrogens with zero attached hydrogens (tertiary/aromatic N) is 1. The molecule has 0 radical (unpaired) electrons. The van der Waals surface area contributed by atoms with E-state index in [1.807, 2.05) is 17.5 Å². The Kier molecular flexibility index (Phi) is 10.9. The number of nitrogens with one attached hydrogen (secondary N) is 2. The summed E-state index contributed by atoms with van der Waals surface area (Å²) in [6, 6.07) is 8.59. The van der Waals surface area contributed by atoms with E-state index in [1.54, 1.807) is 29.5 Å². The molecule has 0 saturated carbocycles. The summed E-state index contributed by atoms with van der Waals surface area (Å²) in [5.41, 5.74) is 0.715. The van der Waals surface area contributed by atoms with Gasteiger partial charge in [-0.15, -0.1) is 11.3 Å². The van der Waals surface area contributed by atoms with Crippen LogP contribution in [0.3, 0.4) is 0 Å². The molecule has 0 unspecified atom stereocenters. The predicted molar refractivity (Wildman–Crippen MR) is 115 cm³/mol. The number of thiophene rings is 1. The molecule has 2 aromatic rings. The quantitative estimate of drug-likeness (QED) is 0.318. The van der Waals surface area contributed by atoms with Crippen LogP contribution in [0.5, 0.6) is 5.75 Å². The van der Waals surface area contributed by atoms with Crippen LogP contribution in [0.4, 0.5) is 0 Å². The largest absolute Gasteiger partial charge is 1.00 e. The number of sulfonamides is 1. The van der Waals surface area contributed by atoms with Crippen LogP contribution in [0.1, 0.15) is 10.4 Å². The van der Waals surface area contributed by atoms with E-state index in [4.69, 9.17) is 17.0 Å². The third-order valence-corrected chi connectivity index (χ3v) is 6.12. The summed E-state index contributed by atoms with van der Waals surface area (Å²) in [7, 11) is -1.14. The Hall–Kier alpha value is -1.43. The summed E-state index contributed by atoms with van der Waals surface area (Å²) in [5.74, 6) is -0.0431. The summed E-state index contributed by atoms with van der Waals surface area (Å²) < 4.78 is 33.6. The molecule has 0 saturated heterocycles. The Bertz CT molecular complexity index is 961. The van der Waals surface area contributed by atoms with E-state index >= 15 is 0 Å². The molecule has 0 atom stereocenters. The van der Waals surface area contributed by atoms with Gasteiger partial charge in [-0.3, -0.25) is 4.79 Å². The second-order valence-electron chi connectivity index (χ2n) is 5.50. The van der Waals surface area contributed by atoms with Gasteiger partial charge in [0.05, 0.1) is 7.11 Å². The molecule has 0 spiro atoms. The molecule has 0 fully saturated rings. The average Bonchev–Trinajstić information content (AvgIpc) is 3.19. The molecule has 7 nitrogen and oxygen atoms in total. The molecule has 0 bridgehead atoms. The van der Waals surface area contributed by atoms with Crippen LogP contribution >= 0.6 is 23.6 Å². The minimum Gasteiger partial charge on any atom is -0.495 e. The molecule has 1 aromatic heterocycles. The Labute approximate surface area is 202 Å². The first kappa shape index (κ1) is 25.6. The Morgan fingerprint density at radius 1 is 1.34 bits per heavy atom. The van der Waals surface area contributed by atoms with Crippen LogP contribution in [0, 0.1) is 0 Å². The van der Waals surface area contributed by atoms with Crippen molar-refractivity contribution >= 4 is 50.7 Å². The predicted octanol–water partition coefficient (Wildman–Crippen LogP) is -0.300. The van der Waals surface area contributed by atoms with Gasteiger partial charge in [-0.1, -0.05) is 31.4 Å². The molecule has 11 heteroatoms. The van der Waals surface area contributed by atoms with Crippen molar-refractivity contribution in [3.8, 4) is 5.75 Å². The first-order chi connectivity index (χ1) is 13.4. The number of hydrogen-bond acceptors (Lipinski definition) is 6. The molecule has 2 N–H and O–H groups in total. The van der Waals surface area contributed by atoms with E-state index in [2.05, 4.69) is 15.4 Å². The van der Waals surface area contributed by atoms with Crippen LogP contribution in [0.2, 0.25) is 0 Å². The second-order valence-corrected chi connectivity index (χ2v) is 8.44. The zero-order valence-corrected chi connectivity index (χ0v) is 20.8. The summed E-state index contributed by atoms with van der Waals surface area (Å²) in [6.07, 6.45) is 3.65. The summed E-state index contributed by atoms with van der Waals surface area (Å²) in [4.78, 5) is 12.8. The van der Waals surface area contributed by atoms with Crippen molar-refractivity contribution in [1.82, 2.24) is 10.6 Å². The molecular formula is C18H20N3NaO4S3. The monoisotopic (exact) mass is 461 g/mol. The standard InChI is InChI=1S/C18H21N3O4S3.Na/c1-19-18(26)21-28(23,24)16-12-13(5-7-15(16)25-2)9-10-20-17(22)8-6-14-4-3-11-27-14;/h3-8,11-12H,9-10H2,1-2H3,(H3,19,20,21,22,26);/q;+1/p-1/b8-6+;. The van der Waals surface area contributed by atoms with Gasteiger partial charge < -0.3 is 20.1 Å². The zero-order chi connectivity index (χ0) is 20.6. The Balaban J connectivity index is 0.00000420. The van der Waals surface area contributed by atoms with Crippen LogP contribution < -0.4 is 44.9 Å². The van der Waals surface area contributed by atoms with Crippen molar-refractivity contribution in [3.05, 3.63) is 57.0 Å². The van der Waals surface area contributed by atoms with E-state index < -0.39 is 10.0 Å². The third kappa shape index (κ3) is 8.07. The fourth-order valence-corrected chi connectivity index (χ4v) is 4.24. The zero-order valence-electron chi connectivity index (χ0n) is 16.3. The number of rotatable bonds is 8. The Morgan fingerprint density at radius 2 is 2.10 bits per heavy atom. The third-order valence-electron chi connectivity index (χ3n) is 3.58. The van der Waals surface area contributed by atoms with Gasteiger partial charge in [0.25, 0.3) is 0 Å². The first-order valence-electron chi connectivity index (χ1n) is 8.22. The van der Waals surface area contributed by atoms with Crippen molar-refractivity contribution < 1.29 is 47.5 Å². The van der Waals surface area contributed by atoms with Gasteiger partial charge in [0.2, 0.25) is 15.9 Å². The maximum atomic E-state index is 12.5. The summed E-state index contributed by atoms with van der Waals surface area (Å²) >= 11 is 6.36. The van der Waals surface area contributed by atoms with E-state index in [-0.39, 0.29) is 51.2 Å². The van der Waals surface area contributed by atoms with Gasteiger partial charge >= 0.3 is 29.6 Å². The Morgan fingerprint density at radius 3 is 2.72 bits per heavy atom. The molecule has 1 amide bonds. The molecule has 0 aliphatic carbocycles. The van der Waals surface area contributed by atoms with Crippen LogP contribution in [0.15, 0.2) is 46.7 Å². The summed E-state index contributed by atoms with van der Waals surface area (Å²) in [5, 5.41) is 7.06. The van der Waals surface area contributed by atoms with Crippen LogP contribution in [-0.4, -0.2) is 40.1 Å². The number of thiocarbonyl (C=S) groups is 1. The minimum atomic E-state index is -4.01. The molecular weight excluding hydrogens is 441 g/mol. The number of carbonyl (C=O) groups is 1. The van der Waals surface area contributed by atoms with Crippen molar-refractivity contribution in [2.75, 3.05) is 20.7 Å². The van der Waals surface area contributed by atoms with Crippen molar-refractivity contribution in [2.24, 2.45) is 0 Å². The van der Waals surface area contributed by atoms with Crippen molar-refractivity contribution in [2.45, 2.75) is 11.3 Å². The van der Waals surface area contributed by atoms with Gasteiger partial charge in [-0.2, -0.15) is 0 Å². The smallest absolute Gasteiger partial charge is 0.495 e. The molecule has 1 aromatic carbocycles. The molecule has 0 aliphatic rings. The second kappa shape index (κ2) is 12.3. The number of amides is 1. The van der Waals surface area contributed by atoms with Crippen LogP contribution in [-0.2, 0) is 21.2 Å². The van der Waals surface area contributed by atoms with E-state index in [9.17, 15) is 13.2 Å². The first-order valence-corrected chi connectivity index (χ1v) is 10.9. The number of hydrogen-bond donors (Lipinski definition) is 2. The van der Waals surface area contributed by atoms with E-state index in [1.165, 1.54) is 26.3 Å². The normalized spacial score (nSPS) is 10.8. The van der Waals surface area contributed by atoms with Gasteiger partial charge in [-0.25, -0.2) is 8.42 Å². The molecule has 2 rings (SSSR count). The van der Waals surface area contributed by atoms with Crippen LogP contribution in [0.25, 0.3) is 10.8 Å². The van der Waals surface area contributed by atoms with Gasteiger partial charge in [0.15, 0.2) is 0 Å². The number of ether oxygens (including phenoxy) is 1. The van der Waals surface area contributed by atoms with E-state index in [0.717, 1.165) is 4.88 Å². The maximum Gasteiger partial charge on any atom is 1.00 e. The molecule has 150 valence electrons. The van der Waals surface area contributed by atoms with Gasteiger partial charge in [0, 0.05) is 22.6 Å². The number of carbonyl (C=O) groups excluding carboxylic acids is 1. The average molecular weight is 462 g/mol. The van der Waals surface area contributed by atoms with Gasteiger partial charge in [0.1, 0.15) is 10.6 Å². The van der Waals surface area contributed by atoms with Gasteiger partial charge in [-0.05, 0) is 41.6 Å². The number of benzene rings is 1.